The Kier molecular flexibility index (Phi) is 5.47. The molecule has 0 radical (unpaired) electrons. The number of sulfonamides is 2. The number of para-hydroxylation sites is 1. The summed E-state index contributed by atoms with van der Waals surface area (Å²) < 4.78 is 60.1. The summed E-state index contributed by atoms with van der Waals surface area (Å²) in [5.41, 5.74) is 1.53. The van der Waals surface area contributed by atoms with E-state index in [1.54, 1.807) is 19.1 Å². The number of aryl methyl sites for hydroxylation is 1. The lowest BCUT2D eigenvalue weighted by Crippen LogP contribution is -2.36. The van der Waals surface area contributed by atoms with Crippen LogP contribution in [-0.2, 0) is 31.3 Å². The van der Waals surface area contributed by atoms with Crippen molar-refractivity contribution in [1.82, 2.24) is 0 Å². The van der Waals surface area contributed by atoms with E-state index in [0.717, 1.165) is 12.0 Å². The van der Waals surface area contributed by atoms with Crippen LogP contribution in [-0.4, -0.2) is 41.6 Å². The molecule has 1 amide bonds. The van der Waals surface area contributed by atoms with E-state index in [2.05, 4.69) is 0 Å². The third-order valence-corrected chi connectivity index (χ3v) is 9.16. The van der Waals surface area contributed by atoms with Gasteiger partial charge in [-0.15, -0.1) is 0 Å². The molecule has 1 atom stereocenters. The molecule has 0 bridgehead atoms. The fourth-order valence-corrected chi connectivity index (χ4v) is 7.56. The van der Waals surface area contributed by atoms with Crippen LogP contribution in [0.4, 0.5) is 11.4 Å². The van der Waals surface area contributed by atoms with Crippen LogP contribution in [0.25, 0.3) is 0 Å². The summed E-state index contributed by atoms with van der Waals surface area (Å²) in [6.45, 7) is 3.80. The Hall–Kier alpha value is -2.59. The molecule has 4 rings (SSSR count). The monoisotopic (exact) mass is 464 g/mol. The first kappa shape index (κ1) is 21.6. The van der Waals surface area contributed by atoms with Crippen LogP contribution in [0.5, 0.6) is 5.75 Å². The summed E-state index contributed by atoms with van der Waals surface area (Å²) in [6.07, 6.45) is 1.44. The second kappa shape index (κ2) is 7.83. The molecule has 0 aromatic heterocycles. The van der Waals surface area contributed by atoms with Gasteiger partial charge in [0.15, 0.2) is 0 Å². The zero-order valence-electron chi connectivity index (χ0n) is 17.3. The molecule has 2 aliphatic rings. The van der Waals surface area contributed by atoms with Gasteiger partial charge in [0.25, 0.3) is 10.0 Å². The van der Waals surface area contributed by atoms with Gasteiger partial charge in [0.1, 0.15) is 10.6 Å². The minimum atomic E-state index is -4.07. The first-order chi connectivity index (χ1) is 14.7. The molecule has 0 aliphatic carbocycles. The van der Waals surface area contributed by atoms with E-state index in [4.69, 9.17) is 4.74 Å². The van der Waals surface area contributed by atoms with Crippen LogP contribution in [0.1, 0.15) is 25.8 Å². The molecule has 0 N–H and O–H groups in total. The molecule has 8 nitrogen and oxygen atoms in total. The van der Waals surface area contributed by atoms with Gasteiger partial charge in [-0.1, -0.05) is 25.1 Å². The molecular formula is C21H24N2O6S2. The van der Waals surface area contributed by atoms with Gasteiger partial charge in [-0.25, -0.2) is 21.1 Å². The Bertz CT molecular complexity index is 1240. The van der Waals surface area contributed by atoms with Crippen LogP contribution in [0.15, 0.2) is 47.4 Å². The number of rotatable bonds is 5. The number of benzene rings is 2. The summed E-state index contributed by atoms with van der Waals surface area (Å²) in [4.78, 5) is 12.4. The minimum absolute atomic E-state index is 0.00155. The van der Waals surface area contributed by atoms with E-state index in [1.807, 2.05) is 12.1 Å². The van der Waals surface area contributed by atoms with Gasteiger partial charge in [-0.05, 0) is 49.6 Å². The second-order valence-corrected chi connectivity index (χ2v) is 11.3. The molecule has 1 saturated heterocycles. The lowest BCUT2D eigenvalue weighted by atomic mass is 10.0. The Labute approximate surface area is 182 Å². The highest BCUT2D eigenvalue weighted by molar-refractivity contribution is 7.94. The highest BCUT2D eigenvalue weighted by atomic mass is 32.2. The van der Waals surface area contributed by atoms with Crippen molar-refractivity contribution >= 4 is 37.3 Å². The Balaban J connectivity index is 1.86. The first-order valence-corrected chi connectivity index (χ1v) is 13.2. The van der Waals surface area contributed by atoms with Crippen LogP contribution in [0.3, 0.4) is 0 Å². The van der Waals surface area contributed by atoms with Crippen molar-refractivity contribution in [2.24, 2.45) is 5.92 Å². The molecule has 10 heteroatoms. The predicted molar refractivity (Wildman–Crippen MR) is 117 cm³/mol. The van der Waals surface area contributed by atoms with Gasteiger partial charge >= 0.3 is 0 Å². The van der Waals surface area contributed by atoms with Crippen molar-refractivity contribution in [2.75, 3.05) is 27.5 Å². The third kappa shape index (κ3) is 3.67. The fourth-order valence-electron chi connectivity index (χ4n) is 4.05. The molecule has 2 aliphatic heterocycles. The number of fused-ring (bicyclic) bond motifs is 1. The smallest absolute Gasteiger partial charge is 0.268 e. The molecule has 0 saturated carbocycles. The maximum Gasteiger partial charge on any atom is 0.268 e. The van der Waals surface area contributed by atoms with E-state index in [1.165, 1.54) is 29.4 Å². The average molecular weight is 465 g/mol. The quantitative estimate of drug-likeness (QED) is 0.674. The SMILES string of the molecule is CCOc1ccc(N2C(=O)[C@@H](C)CS2(=O)=O)cc1S(=O)(=O)N1CCCc2ccccc21. The molecule has 0 unspecified atom stereocenters. The average Bonchev–Trinajstić information content (AvgIpc) is 2.94. The van der Waals surface area contributed by atoms with Gasteiger partial charge < -0.3 is 4.74 Å². The number of hydrogen-bond donors (Lipinski definition) is 0. The lowest BCUT2D eigenvalue weighted by Gasteiger charge is -2.31. The van der Waals surface area contributed by atoms with E-state index in [0.29, 0.717) is 23.0 Å². The summed E-state index contributed by atoms with van der Waals surface area (Å²) >= 11 is 0. The van der Waals surface area contributed by atoms with E-state index in [9.17, 15) is 21.6 Å². The van der Waals surface area contributed by atoms with Crippen molar-refractivity contribution < 1.29 is 26.4 Å². The Morgan fingerprint density at radius 1 is 1.16 bits per heavy atom. The number of anilines is 2. The van der Waals surface area contributed by atoms with Gasteiger partial charge in [-0.2, -0.15) is 0 Å². The number of carbonyl (C=O) groups excluding carboxylic acids is 1. The molecule has 2 aromatic rings. The zero-order chi connectivity index (χ0) is 22.4. The van der Waals surface area contributed by atoms with E-state index < -0.39 is 31.9 Å². The van der Waals surface area contributed by atoms with Crippen molar-refractivity contribution in [3.05, 3.63) is 48.0 Å². The van der Waals surface area contributed by atoms with Crippen LogP contribution in [0.2, 0.25) is 0 Å². The lowest BCUT2D eigenvalue weighted by molar-refractivity contribution is -0.119. The first-order valence-electron chi connectivity index (χ1n) is 10.1. The van der Waals surface area contributed by atoms with Crippen LogP contribution >= 0.6 is 0 Å². The zero-order valence-corrected chi connectivity index (χ0v) is 18.9. The van der Waals surface area contributed by atoms with Crippen molar-refractivity contribution in [3.63, 3.8) is 0 Å². The molecule has 0 spiro atoms. The maximum atomic E-state index is 13.7. The van der Waals surface area contributed by atoms with E-state index in [-0.39, 0.29) is 28.7 Å². The fraction of sp³-hybridized carbons (Fsp3) is 0.381. The van der Waals surface area contributed by atoms with E-state index >= 15 is 0 Å². The van der Waals surface area contributed by atoms with Gasteiger partial charge in [0, 0.05) is 6.54 Å². The van der Waals surface area contributed by atoms with Gasteiger partial charge in [0.2, 0.25) is 15.9 Å². The normalized spacial score (nSPS) is 20.6. The summed E-state index contributed by atoms with van der Waals surface area (Å²) in [6, 6.07) is 11.3. The van der Waals surface area contributed by atoms with Crippen LogP contribution in [0, 0.1) is 5.92 Å². The molecule has 31 heavy (non-hydrogen) atoms. The van der Waals surface area contributed by atoms with Crippen LogP contribution < -0.4 is 13.3 Å². The number of hydrogen-bond acceptors (Lipinski definition) is 6. The maximum absolute atomic E-state index is 13.7. The highest BCUT2D eigenvalue weighted by Crippen LogP contribution is 2.38. The van der Waals surface area contributed by atoms with Gasteiger partial charge in [0.05, 0.1) is 29.7 Å². The molecular weight excluding hydrogens is 440 g/mol. The predicted octanol–water partition coefficient (Wildman–Crippen LogP) is 2.54. The van der Waals surface area contributed by atoms with Crippen molar-refractivity contribution in [3.8, 4) is 5.75 Å². The summed E-state index contributed by atoms with van der Waals surface area (Å²) in [7, 11) is -7.94. The Morgan fingerprint density at radius 2 is 1.90 bits per heavy atom. The minimum Gasteiger partial charge on any atom is -0.492 e. The number of carbonyl (C=O) groups is 1. The topological polar surface area (TPSA) is 101 Å². The molecule has 2 heterocycles. The standard InChI is InChI=1S/C21H24N2O6S2/c1-3-29-19-11-10-17(23-21(24)15(2)14-30(23,25)26)13-20(19)31(27,28)22-12-6-8-16-7-4-5-9-18(16)22/h4-5,7,9-11,13,15H,3,6,8,12,14H2,1-2H3/t15-/m0/s1. The largest absolute Gasteiger partial charge is 0.492 e. The number of nitrogens with zero attached hydrogens (tertiary/aromatic N) is 2. The molecule has 2 aromatic carbocycles. The second-order valence-electron chi connectivity index (χ2n) is 7.66. The molecule has 166 valence electrons. The number of ether oxygens (including phenoxy) is 1. The Morgan fingerprint density at radius 3 is 2.58 bits per heavy atom. The molecule has 1 fully saturated rings. The highest BCUT2D eigenvalue weighted by Gasteiger charge is 2.43. The number of amides is 1. The summed E-state index contributed by atoms with van der Waals surface area (Å²) in [5, 5.41) is 0. The van der Waals surface area contributed by atoms with Crippen molar-refractivity contribution in [2.45, 2.75) is 31.6 Å². The summed E-state index contributed by atoms with van der Waals surface area (Å²) in [5.74, 6) is -1.45. The third-order valence-electron chi connectivity index (χ3n) is 5.46. The van der Waals surface area contributed by atoms with Crippen molar-refractivity contribution in [1.29, 1.82) is 0 Å². The van der Waals surface area contributed by atoms with Gasteiger partial charge in [-0.3, -0.25) is 9.10 Å².